The van der Waals surface area contributed by atoms with Crippen LogP contribution < -0.4 is 14.7 Å². The van der Waals surface area contributed by atoms with Crippen molar-refractivity contribution in [3.05, 3.63) is 59.9 Å². The van der Waals surface area contributed by atoms with Crippen LogP contribution in [0.25, 0.3) is 0 Å². The van der Waals surface area contributed by atoms with Crippen molar-refractivity contribution in [3.8, 4) is 0 Å². The van der Waals surface area contributed by atoms with E-state index in [1.165, 1.54) is 42.5 Å². The topological polar surface area (TPSA) is 107 Å². The highest BCUT2D eigenvalue weighted by molar-refractivity contribution is 7.92. The number of carboxylic acid groups (broad SMARTS) is 1. The first kappa shape index (κ1) is 18.4. The summed E-state index contributed by atoms with van der Waals surface area (Å²) in [5.74, 6) is -3.14. The number of amides is 1. The number of carboxylic acids is 1. The number of aromatic carboxylic acids is 1. The maximum absolute atomic E-state index is 13.9. The first-order valence-corrected chi connectivity index (χ1v) is 8.87. The largest absolute Gasteiger partial charge is 0.545 e. The van der Waals surface area contributed by atoms with Crippen LogP contribution in [0.3, 0.4) is 0 Å². The minimum Gasteiger partial charge on any atom is -0.545 e. The molecule has 0 aliphatic rings. The molecule has 9 heteroatoms. The Balaban J connectivity index is 2.28. The summed E-state index contributed by atoms with van der Waals surface area (Å²) in [6.45, 7) is -0.721. The second-order valence-corrected chi connectivity index (χ2v) is 7.01. The fraction of sp³-hybridized carbons (Fsp3) is 0.125. The molecule has 0 aliphatic heterocycles. The SMILES string of the molecule is CS(=O)(=O)N(CC(=O)Nc1ccccc1C(=O)[O-])c1ccccc1F. The maximum atomic E-state index is 13.9. The molecule has 0 saturated carbocycles. The van der Waals surface area contributed by atoms with E-state index in [9.17, 15) is 27.5 Å². The highest BCUT2D eigenvalue weighted by atomic mass is 32.2. The quantitative estimate of drug-likeness (QED) is 0.806. The molecule has 0 heterocycles. The highest BCUT2D eigenvalue weighted by Gasteiger charge is 2.23. The van der Waals surface area contributed by atoms with Crippen LogP contribution in [0.5, 0.6) is 0 Å². The lowest BCUT2D eigenvalue weighted by Gasteiger charge is -2.22. The van der Waals surface area contributed by atoms with Gasteiger partial charge in [-0.1, -0.05) is 30.3 Å². The second-order valence-electron chi connectivity index (χ2n) is 5.10. The first-order chi connectivity index (χ1) is 11.7. The van der Waals surface area contributed by atoms with Crippen LogP contribution in [0, 0.1) is 5.82 Å². The lowest BCUT2D eigenvalue weighted by molar-refractivity contribution is -0.254. The Kier molecular flexibility index (Phi) is 5.38. The molecule has 132 valence electrons. The van der Waals surface area contributed by atoms with Gasteiger partial charge >= 0.3 is 0 Å². The van der Waals surface area contributed by atoms with Gasteiger partial charge in [0.25, 0.3) is 0 Å². The van der Waals surface area contributed by atoms with Crippen LogP contribution in [-0.2, 0) is 14.8 Å². The molecule has 7 nitrogen and oxygen atoms in total. The molecule has 2 rings (SSSR count). The summed E-state index contributed by atoms with van der Waals surface area (Å²) in [6.07, 6.45) is 0.835. The molecule has 1 N–H and O–H groups in total. The van der Waals surface area contributed by atoms with Crippen molar-refractivity contribution in [2.75, 3.05) is 22.4 Å². The van der Waals surface area contributed by atoms with Gasteiger partial charge in [-0.05, 0) is 18.2 Å². The van der Waals surface area contributed by atoms with Crippen molar-refractivity contribution in [1.29, 1.82) is 0 Å². The zero-order valence-electron chi connectivity index (χ0n) is 13.1. The summed E-state index contributed by atoms with van der Waals surface area (Å²) in [5.41, 5.74) is -0.588. The van der Waals surface area contributed by atoms with Gasteiger partial charge in [-0.2, -0.15) is 0 Å². The Morgan fingerprint density at radius 1 is 1.12 bits per heavy atom. The number of sulfonamides is 1. The molecule has 0 atom stereocenters. The normalized spacial score (nSPS) is 11.0. The smallest absolute Gasteiger partial charge is 0.245 e. The molecule has 0 bridgehead atoms. The van der Waals surface area contributed by atoms with Crippen LogP contribution in [0.2, 0.25) is 0 Å². The Hall–Kier alpha value is -2.94. The van der Waals surface area contributed by atoms with E-state index in [4.69, 9.17) is 0 Å². The van der Waals surface area contributed by atoms with Gasteiger partial charge < -0.3 is 15.2 Å². The molecule has 0 aliphatic carbocycles. The fourth-order valence-electron chi connectivity index (χ4n) is 2.13. The molecule has 2 aromatic carbocycles. The average Bonchev–Trinajstić information content (AvgIpc) is 2.53. The number of carbonyl (C=O) groups is 2. The molecular formula is C16H14FN2O5S-. The van der Waals surface area contributed by atoms with Gasteiger partial charge in [0.1, 0.15) is 12.4 Å². The number of hydrogen-bond acceptors (Lipinski definition) is 5. The first-order valence-electron chi connectivity index (χ1n) is 7.02. The van der Waals surface area contributed by atoms with Crippen molar-refractivity contribution in [3.63, 3.8) is 0 Å². The van der Waals surface area contributed by atoms with Crippen molar-refractivity contribution < 1.29 is 27.5 Å². The number of rotatable bonds is 6. The molecule has 0 aromatic heterocycles. The molecule has 1 amide bonds. The van der Waals surface area contributed by atoms with E-state index in [1.807, 2.05) is 0 Å². The molecule has 0 fully saturated rings. The van der Waals surface area contributed by atoms with Crippen LogP contribution in [0.1, 0.15) is 10.4 Å². The number of benzene rings is 2. The van der Waals surface area contributed by atoms with Gasteiger partial charge in [-0.15, -0.1) is 0 Å². The molecule has 2 aromatic rings. The summed E-state index contributed by atoms with van der Waals surface area (Å²) in [6, 6.07) is 10.6. The zero-order chi connectivity index (χ0) is 18.6. The third kappa shape index (κ3) is 4.54. The van der Waals surface area contributed by atoms with Gasteiger partial charge in [0.15, 0.2) is 0 Å². The van der Waals surface area contributed by atoms with E-state index in [2.05, 4.69) is 5.32 Å². The highest BCUT2D eigenvalue weighted by Crippen LogP contribution is 2.21. The minimum absolute atomic E-state index is 0.0468. The van der Waals surface area contributed by atoms with Gasteiger partial charge in [0.05, 0.1) is 17.9 Å². The number of para-hydroxylation sites is 2. The molecule has 0 radical (unpaired) electrons. The van der Waals surface area contributed by atoms with Gasteiger partial charge in [0.2, 0.25) is 15.9 Å². The van der Waals surface area contributed by atoms with Crippen LogP contribution in [0.15, 0.2) is 48.5 Å². The van der Waals surface area contributed by atoms with E-state index < -0.39 is 34.3 Å². The number of anilines is 2. The number of hydrogen-bond donors (Lipinski definition) is 1. The second kappa shape index (κ2) is 7.31. The predicted octanol–water partition coefficient (Wildman–Crippen LogP) is 0.594. The van der Waals surface area contributed by atoms with E-state index in [0.717, 1.165) is 12.3 Å². The van der Waals surface area contributed by atoms with E-state index >= 15 is 0 Å². The van der Waals surface area contributed by atoms with Gasteiger partial charge in [0, 0.05) is 11.3 Å². The van der Waals surface area contributed by atoms with Crippen molar-refractivity contribution >= 4 is 33.3 Å². The van der Waals surface area contributed by atoms with Crippen molar-refractivity contribution in [2.24, 2.45) is 0 Å². The third-order valence-electron chi connectivity index (χ3n) is 3.23. The number of nitrogens with one attached hydrogen (secondary N) is 1. The molecule has 25 heavy (non-hydrogen) atoms. The average molecular weight is 365 g/mol. The monoisotopic (exact) mass is 365 g/mol. The molecule has 0 saturated heterocycles. The van der Waals surface area contributed by atoms with Gasteiger partial charge in [-0.3, -0.25) is 9.10 Å². The standard InChI is InChI=1S/C16H15FN2O5S/c1-25(23,24)19(14-9-5-3-7-12(14)17)10-15(20)18-13-8-4-2-6-11(13)16(21)22/h2-9H,10H2,1H3,(H,18,20)(H,21,22)/p-1. The molecule has 0 spiro atoms. The van der Waals surface area contributed by atoms with Crippen LogP contribution in [-0.4, -0.2) is 33.1 Å². The minimum atomic E-state index is -3.95. The summed E-state index contributed by atoms with van der Waals surface area (Å²) in [4.78, 5) is 23.2. The van der Waals surface area contributed by atoms with Gasteiger partial charge in [-0.25, -0.2) is 12.8 Å². The molecular weight excluding hydrogens is 351 g/mol. The third-order valence-corrected chi connectivity index (χ3v) is 4.36. The number of halogens is 1. The summed E-state index contributed by atoms with van der Waals surface area (Å²) < 4.78 is 38.3. The lowest BCUT2D eigenvalue weighted by atomic mass is 10.2. The fourth-order valence-corrected chi connectivity index (χ4v) is 2.98. The van der Waals surface area contributed by atoms with Crippen LogP contribution in [0.4, 0.5) is 15.8 Å². The van der Waals surface area contributed by atoms with E-state index in [-0.39, 0.29) is 16.9 Å². The lowest BCUT2D eigenvalue weighted by Crippen LogP contribution is -2.38. The summed E-state index contributed by atoms with van der Waals surface area (Å²) >= 11 is 0. The van der Waals surface area contributed by atoms with Crippen molar-refractivity contribution in [1.82, 2.24) is 0 Å². The van der Waals surface area contributed by atoms with E-state index in [0.29, 0.717) is 4.31 Å². The predicted molar refractivity (Wildman–Crippen MR) is 88.0 cm³/mol. The number of nitrogens with zero attached hydrogens (tertiary/aromatic N) is 1. The summed E-state index contributed by atoms with van der Waals surface area (Å²) in [5, 5.41) is 13.3. The summed E-state index contributed by atoms with van der Waals surface area (Å²) in [7, 11) is -3.95. The zero-order valence-corrected chi connectivity index (χ0v) is 13.9. The van der Waals surface area contributed by atoms with E-state index in [1.54, 1.807) is 0 Å². The Bertz CT molecular complexity index is 914. The maximum Gasteiger partial charge on any atom is 0.245 e. The Labute approximate surface area is 143 Å². The number of carbonyl (C=O) groups excluding carboxylic acids is 2. The molecule has 0 unspecified atom stereocenters. The Morgan fingerprint density at radius 2 is 1.72 bits per heavy atom. The van der Waals surface area contributed by atoms with Crippen LogP contribution >= 0.6 is 0 Å². The Morgan fingerprint density at radius 3 is 2.32 bits per heavy atom. The van der Waals surface area contributed by atoms with Crippen molar-refractivity contribution in [2.45, 2.75) is 0 Å².